The number of benzene rings is 2. The summed E-state index contributed by atoms with van der Waals surface area (Å²) in [6.07, 6.45) is -0.539. The van der Waals surface area contributed by atoms with Crippen LogP contribution < -0.4 is 4.74 Å². The van der Waals surface area contributed by atoms with Crippen molar-refractivity contribution >= 4 is 17.3 Å². The molecule has 1 aliphatic rings. The summed E-state index contributed by atoms with van der Waals surface area (Å²) in [4.78, 5) is 17.3. The third kappa shape index (κ3) is 4.17. The summed E-state index contributed by atoms with van der Waals surface area (Å²) >= 11 is 1.43. The molecule has 7 heteroatoms. The van der Waals surface area contributed by atoms with Crippen LogP contribution in [0.2, 0.25) is 0 Å². The lowest BCUT2D eigenvalue weighted by Gasteiger charge is -2.18. The van der Waals surface area contributed by atoms with Crippen molar-refractivity contribution in [3.8, 4) is 16.3 Å². The van der Waals surface area contributed by atoms with Crippen molar-refractivity contribution in [3.05, 3.63) is 70.2 Å². The summed E-state index contributed by atoms with van der Waals surface area (Å²) in [5.74, 6) is 0.224. The summed E-state index contributed by atoms with van der Waals surface area (Å²) in [6.45, 7) is 3.31. The van der Waals surface area contributed by atoms with Gasteiger partial charge in [-0.1, -0.05) is 42.5 Å². The second-order valence-electron chi connectivity index (χ2n) is 6.48. The number of rotatable bonds is 6. The quantitative estimate of drug-likeness (QED) is 0.555. The van der Waals surface area contributed by atoms with E-state index in [0.717, 1.165) is 21.6 Å². The fraction of sp³-hybridized carbons (Fsp3) is 0.273. The smallest absolute Gasteiger partial charge is 0.357 e. The highest BCUT2D eigenvalue weighted by atomic mass is 32.1. The lowest BCUT2D eigenvalue weighted by molar-refractivity contribution is -0.0454. The van der Waals surface area contributed by atoms with Crippen LogP contribution in [0.15, 0.2) is 48.5 Å². The Morgan fingerprint density at radius 1 is 1.14 bits per heavy atom. The standard InChI is InChI=1S/C22H21NO5S/c1-14-19(21(24)25-2)23-20(29-14)16-9-6-10-17(18(16)22-26-11-12-27-22)28-13-15-7-4-3-5-8-15/h3-10,22H,11-13H2,1-2H3. The van der Waals surface area contributed by atoms with Crippen LogP contribution in [0.1, 0.15) is 32.8 Å². The van der Waals surface area contributed by atoms with E-state index in [-0.39, 0.29) is 0 Å². The summed E-state index contributed by atoms with van der Waals surface area (Å²) in [6, 6.07) is 15.7. The molecule has 150 valence electrons. The van der Waals surface area contributed by atoms with Crippen LogP contribution in [-0.2, 0) is 20.8 Å². The third-order valence-corrected chi connectivity index (χ3v) is 5.57. The molecule has 0 saturated carbocycles. The molecule has 0 spiro atoms. The predicted octanol–water partition coefficient (Wildman–Crippen LogP) is 4.53. The van der Waals surface area contributed by atoms with Gasteiger partial charge >= 0.3 is 5.97 Å². The van der Waals surface area contributed by atoms with Gasteiger partial charge in [0.1, 0.15) is 17.4 Å². The molecule has 0 aliphatic carbocycles. The predicted molar refractivity (Wildman–Crippen MR) is 109 cm³/mol. The molecule has 2 aromatic carbocycles. The normalized spacial score (nSPS) is 14.1. The Bertz CT molecular complexity index is 996. The van der Waals surface area contributed by atoms with Gasteiger partial charge in [0, 0.05) is 10.4 Å². The number of thiazole rings is 1. The Kier molecular flexibility index (Phi) is 5.89. The first-order valence-corrected chi connectivity index (χ1v) is 10.1. The average molecular weight is 411 g/mol. The molecule has 0 atom stereocenters. The molecule has 0 unspecified atom stereocenters. The first-order valence-electron chi connectivity index (χ1n) is 9.26. The largest absolute Gasteiger partial charge is 0.488 e. The van der Waals surface area contributed by atoms with Crippen molar-refractivity contribution in [1.82, 2.24) is 4.98 Å². The zero-order chi connectivity index (χ0) is 20.2. The maximum Gasteiger partial charge on any atom is 0.357 e. The van der Waals surface area contributed by atoms with E-state index in [4.69, 9.17) is 18.9 Å². The SMILES string of the molecule is COC(=O)c1nc(-c2cccc(OCc3ccccc3)c2C2OCCO2)sc1C. The van der Waals surface area contributed by atoms with E-state index in [1.165, 1.54) is 18.4 Å². The van der Waals surface area contributed by atoms with Crippen molar-refractivity contribution in [2.75, 3.05) is 20.3 Å². The highest BCUT2D eigenvalue weighted by Crippen LogP contribution is 2.41. The van der Waals surface area contributed by atoms with Gasteiger partial charge in [0.2, 0.25) is 0 Å². The molecule has 0 bridgehead atoms. The van der Waals surface area contributed by atoms with Gasteiger partial charge in [0.15, 0.2) is 12.0 Å². The highest BCUT2D eigenvalue weighted by Gasteiger charge is 2.28. The van der Waals surface area contributed by atoms with Gasteiger partial charge in [-0.05, 0) is 18.6 Å². The van der Waals surface area contributed by atoms with Crippen molar-refractivity contribution in [2.24, 2.45) is 0 Å². The zero-order valence-corrected chi connectivity index (χ0v) is 17.0. The second-order valence-corrected chi connectivity index (χ2v) is 7.68. The molecule has 0 amide bonds. The molecule has 4 rings (SSSR count). The van der Waals surface area contributed by atoms with Gasteiger partial charge in [0.05, 0.1) is 25.9 Å². The fourth-order valence-electron chi connectivity index (χ4n) is 3.16. The fourth-order valence-corrected chi connectivity index (χ4v) is 4.10. The van der Waals surface area contributed by atoms with Gasteiger partial charge < -0.3 is 18.9 Å². The molecule has 2 heterocycles. The van der Waals surface area contributed by atoms with E-state index in [2.05, 4.69) is 4.98 Å². The number of hydrogen-bond donors (Lipinski definition) is 0. The lowest BCUT2D eigenvalue weighted by atomic mass is 10.1. The van der Waals surface area contributed by atoms with Crippen LogP contribution in [0, 0.1) is 6.92 Å². The molecule has 6 nitrogen and oxygen atoms in total. The van der Waals surface area contributed by atoms with E-state index < -0.39 is 12.3 Å². The maximum absolute atomic E-state index is 12.0. The molecular formula is C22H21NO5S. The summed E-state index contributed by atoms with van der Waals surface area (Å²) < 4.78 is 22.5. The molecule has 1 aromatic heterocycles. The molecule has 1 saturated heterocycles. The molecule has 3 aromatic rings. The van der Waals surface area contributed by atoms with Gasteiger partial charge in [0.25, 0.3) is 0 Å². The van der Waals surface area contributed by atoms with Gasteiger partial charge in [-0.15, -0.1) is 11.3 Å². The van der Waals surface area contributed by atoms with E-state index in [9.17, 15) is 4.79 Å². The summed E-state index contributed by atoms with van der Waals surface area (Å²) in [5, 5.41) is 0.696. The Morgan fingerprint density at radius 2 is 1.90 bits per heavy atom. The Balaban J connectivity index is 1.73. The van der Waals surface area contributed by atoms with Crippen LogP contribution in [-0.4, -0.2) is 31.3 Å². The minimum absolute atomic E-state index is 0.322. The van der Waals surface area contributed by atoms with Crippen molar-refractivity contribution in [2.45, 2.75) is 19.8 Å². The van der Waals surface area contributed by atoms with Crippen LogP contribution >= 0.6 is 11.3 Å². The number of hydrogen-bond acceptors (Lipinski definition) is 7. The van der Waals surface area contributed by atoms with Crippen molar-refractivity contribution < 1.29 is 23.7 Å². The van der Waals surface area contributed by atoms with E-state index in [0.29, 0.717) is 36.3 Å². The zero-order valence-electron chi connectivity index (χ0n) is 16.2. The van der Waals surface area contributed by atoms with Crippen LogP contribution in [0.4, 0.5) is 0 Å². The number of carbonyl (C=O) groups is 1. The number of aryl methyl sites for hydroxylation is 1. The van der Waals surface area contributed by atoms with Gasteiger partial charge in [-0.3, -0.25) is 0 Å². The van der Waals surface area contributed by atoms with Crippen molar-refractivity contribution in [1.29, 1.82) is 0 Å². The lowest BCUT2D eigenvalue weighted by Crippen LogP contribution is -2.06. The van der Waals surface area contributed by atoms with Crippen LogP contribution in [0.5, 0.6) is 5.75 Å². The van der Waals surface area contributed by atoms with Crippen LogP contribution in [0.25, 0.3) is 10.6 Å². The topological polar surface area (TPSA) is 66.9 Å². The molecule has 0 radical (unpaired) electrons. The van der Waals surface area contributed by atoms with Crippen LogP contribution in [0.3, 0.4) is 0 Å². The number of ether oxygens (including phenoxy) is 4. The molecule has 0 N–H and O–H groups in total. The number of nitrogens with zero attached hydrogens (tertiary/aromatic N) is 1. The summed E-state index contributed by atoms with van der Waals surface area (Å²) in [7, 11) is 1.35. The van der Waals surface area contributed by atoms with Gasteiger partial charge in [-0.25, -0.2) is 9.78 Å². The van der Waals surface area contributed by atoms with E-state index in [1.807, 2.05) is 55.5 Å². The maximum atomic E-state index is 12.0. The van der Waals surface area contributed by atoms with E-state index >= 15 is 0 Å². The molecule has 1 fully saturated rings. The Labute approximate surface area is 173 Å². The first kappa shape index (κ1) is 19.6. The third-order valence-electron chi connectivity index (χ3n) is 4.57. The number of aromatic nitrogens is 1. The number of carbonyl (C=O) groups excluding carboxylic acids is 1. The van der Waals surface area contributed by atoms with Gasteiger partial charge in [-0.2, -0.15) is 0 Å². The summed E-state index contributed by atoms with van der Waals surface area (Å²) in [5.41, 5.74) is 2.99. The monoisotopic (exact) mass is 411 g/mol. The first-order chi connectivity index (χ1) is 14.2. The molecular weight excluding hydrogens is 390 g/mol. The number of esters is 1. The molecule has 29 heavy (non-hydrogen) atoms. The minimum atomic E-state index is -0.539. The highest BCUT2D eigenvalue weighted by molar-refractivity contribution is 7.15. The number of methoxy groups -OCH3 is 1. The Morgan fingerprint density at radius 3 is 2.62 bits per heavy atom. The minimum Gasteiger partial charge on any atom is -0.488 e. The molecule has 1 aliphatic heterocycles. The average Bonchev–Trinajstić information content (AvgIpc) is 3.42. The van der Waals surface area contributed by atoms with E-state index in [1.54, 1.807) is 0 Å². The van der Waals surface area contributed by atoms with Crippen molar-refractivity contribution in [3.63, 3.8) is 0 Å². The second kappa shape index (κ2) is 8.73. The Hall–Kier alpha value is -2.74.